The lowest BCUT2D eigenvalue weighted by molar-refractivity contribution is 0.0525. The van der Waals surface area contributed by atoms with Crippen molar-refractivity contribution in [3.05, 3.63) is 51.5 Å². The monoisotopic (exact) mass is 297 g/mol. The number of carbonyl (C=O) groups is 1. The molecule has 3 rings (SSSR count). The molecule has 0 saturated heterocycles. The molecule has 0 spiro atoms. The molecular formula is C17H15NO4. The van der Waals surface area contributed by atoms with E-state index in [-0.39, 0.29) is 17.6 Å². The number of aryl methyl sites for hydroxylation is 2. The Balaban J connectivity index is 2.39. The number of benzene rings is 1. The molecule has 1 aromatic carbocycles. The van der Waals surface area contributed by atoms with Crippen LogP contribution in [0.15, 0.2) is 33.5 Å². The number of hydrogen-bond acceptors (Lipinski definition) is 5. The van der Waals surface area contributed by atoms with Crippen LogP contribution in [0.2, 0.25) is 0 Å². The number of aromatic nitrogens is 1. The average molecular weight is 297 g/mol. The molecule has 0 saturated carbocycles. The average Bonchev–Trinajstić information content (AvgIpc) is 2.48. The van der Waals surface area contributed by atoms with Gasteiger partial charge >= 0.3 is 11.6 Å². The minimum atomic E-state index is -0.510. The number of pyridine rings is 1. The molecule has 0 atom stereocenters. The topological polar surface area (TPSA) is 69.4 Å². The summed E-state index contributed by atoms with van der Waals surface area (Å²) in [7, 11) is 0. The number of fused-ring (bicyclic) bond motifs is 3. The normalized spacial score (nSPS) is 11.0. The lowest BCUT2D eigenvalue weighted by atomic mass is 10.1. The molecule has 2 aromatic heterocycles. The Kier molecular flexibility index (Phi) is 3.41. The number of rotatable bonds is 2. The predicted octanol–water partition coefficient (Wildman–Crippen LogP) is 3.13. The van der Waals surface area contributed by atoms with E-state index in [0.717, 1.165) is 10.9 Å². The van der Waals surface area contributed by atoms with Gasteiger partial charge in [-0.2, -0.15) is 0 Å². The second-order valence-electron chi connectivity index (χ2n) is 5.13. The van der Waals surface area contributed by atoms with Gasteiger partial charge in [0.25, 0.3) is 0 Å². The van der Waals surface area contributed by atoms with Gasteiger partial charge in [0, 0.05) is 5.39 Å². The summed E-state index contributed by atoms with van der Waals surface area (Å²) in [5.74, 6) is -0.488. The van der Waals surface area contributed by atoms with Crippen molar-refractivity contribution >= 4 is 27.8 Å². The fourth-order valence-electron chi connectivity index (χ4n) is 2.45. The summed E-state index contributed by atoms with van der Waals surface area (Å²) in [6.45, 7) is 5.67. The molecule has 5 heteroatoms. The first-order valence-electron chi connectivity index (χ1n) is 7.03. The molecule has 0 unspecified atom stereocenters. The van der Waals surface area contributed by atoms with Gasteiger partial charge in [0.2, 0.25) is 0 Å². The Bertz CT molecular complexity index is 956. The van der Waals surface area contributed by atoms with Crippen LogP contribution in [0.1, 0.15) is 28.5 Å². The van der Waals surface area contributed by atoms with Crippen LogP contribution in [0.4, 0.5) is 0 Å². The van der Waals surface area contributed by atoms with E-state index in [1.54, 1.807) is 19.9 Å². The minimum Gasteiger partial charge on any atom is -0.462 e. The zero-order valence-electron chi connectivity index (χ0n) is 12.6. The molecule has 112 valence electrons. The van der Waals surface area contributed by atoms with E-state index in [9.17, 15) is 9.59 Å². The molecule has 5 nitrogen and oxygen atoms in total. The molecule has 0 bridgehead atoms. The largest absolute Gasteiger partial charge is 0.462 e. The van der Waals surface area contributed by atoms with Crippen molar-refractivity contribution in [2.24, 2.45) is 0 Å². The Morgan fingerprint density at radius 2 is 2.00 bits per heavy atom. The lowest BCUT2D eigenvalue weighted by Gasteiger charge is -2.08. The summed E-state index contributed by atoms with van der Waals surface area (Å²) >= 11 is 0. The van der Waals surface area contributed by atoms with Crippen molar-refractivity contribution in [1.82, 2.24) is 4.98 Å². The van der Waals surface area contributed by atoms with Gasteiger partial charge in [-0.1, -0.05) is 11.6 Å². The van der Waals surface area contributed by atoms with Crippen LogP contribution in [-0.4, -0.2) is 17.6 Å². The molecule has 2 heterocycles. The molecule has 0 aliphatic rings. The Morgan fingerprint density at radius 3 is 2.73 bits per heavy atom. The van der Waals surface area contributed by atoms with Crippen LogP contribution < -0.4 is 5.63 Å². The first kappa shape index (κ1) is 14.3. The summed E-state index contributed by atoms with van der Waals surface area (Å²) in [5, 5.41) is 1.04. The van der Waals surface area contributed by atoms with Gasteiger partial charge in [-0.15, -0.1) is 0 Å². The summed E-state index contributed by atoms with van der Waals surface area (Å²) < 4.78 is 10.3. The molecule has 0 fully saturated rings. The molecule has 22 heavy (non-hydrogen) atoms. The number of esters is 1. The van der Waals surface area contributed by atoms with Crippen LogP contribution >= 0.6 is 0 Å². The number of hydrogen-bond donors (Lipinski definition) is 0. The van der Waals surface area contributed by atoms with Crippen LogP contribution in [0, 0.1) is 13.8 Å². The third-order valence-electron chi connectivity index (χ3n) is 3.52. The van der Waals surface area contributed by atoms with Crippen LogP contribution in [0.5, 0.6) is 0 Å². The van der Waals surface area contributed by atoms with E-state index in [1.165, 1.54) is 6.07 Å². The standard InChI is InChI=1S/C17H15NO4/c1-4-21-16(19)11-8-13-15(18-10(11)3)12-7-9(2)5-6-14(12)22-17(13)20/h5-8H,4H2,1-3H3. The van der Waals surface area contributed by atoms with Gasteiger partial charge in [0.05, 0.1) is 28.8 Å². The maximum Gasteiger partial charge on any atom is 0.345 e. The maximum atomic E-state index is 12.2. The van der Waals surface area contributed by atoms with E-state index in [2.05, 4.69) is 4.98 Å². The highest BCUT2D eigenvalue weighted by Gasteiger charge is 2.16. The summed E-state index contributed by atoms with van der Waals surface area (Å²) in [6, 6.07) is 7.04. The summed E-state index contributed by atoms with van der Waals surface area (Å²) in [4.78, 5) is 28.6. The van der Waals surface area contributed by atoms with Crippen molar-refractivity contribution in [2.75, 3.05) is 6.61 Å². The van der Waals surface area contributed by atoms with E-state index >= 15 is 0 Å². The molecule has 0 amide bonds. The highest BCUT2D eigenvalue weighted by Crippen LogP contribution is 2.24. The van der Waals surface area contributed by atoms with E-state index in [4.69, 9.17) is 9.15 Å². The summed E-state index contributed by atoms with van der Waals surface area (Å²) in [5.41, 5.74) is 2.37. The number of ether oxygens (including phenoxy) is 1. The van der Waals surface area contributed by atoms with Gasteiger partial charge in [0.1, 0.15) is 5.58 Å². The third kappa shape index (κ3) is 2.24. The molecule has 0 N–H and O–H groups in total. The fourth-order valence-corrected chi connectivity index (χ4v) is 2.45. The molecule has 3 aromatic rings. The van der Waals surface area contributed by atoms with Crippen molar-refractivity contribution < 1.29 is 13.9 Å². The third-order valence-corrected chi connectivity index (χ3v) is 3.52. The van der Waals surface area contributed by atoms with Crippen LogP contribution in [0.25, 0.3) is 21.9 Å². The second kappa shape index (κ2) is 5.26. The van der Waals surface area contributed by atoms with Crippen molar-refractivity contribution in [3.63, 3.8) is 0 Å². The zero-order chi connectivity index (χ0) is 15.9. The first-order chi connectivity index (χ1) is 10.5. The van der Waals surface area contributed by atoms with Crippen molar-refractivity contribution in [2.45, 2.75) is 20.8 Å². The predicted molar refractivity (Wildman–Crippen MR) is 83.2 cm³/mol. The Morgan fingerprint density at radius 1 is 1.23 bits per heavy atom. The van der Waals surface area contributed by atoms with E-state index in [1.807, 2.05) is 19.1 Å². The van der Waals surface area contributed by atoms with E-state index < -0.39 is 11.6 Å². The first-order valence-corrected chi connectivity index (χ1v) is 7.03. The highest BCUT2D eigenvalue weighted by molar-refractivity contribution is 6.04. The number of carbonyl (C=O) groups excluding carboxylic acids is 1. The van der Waals surface area contributed by atoms with Gasteiger partial charge in [-0.3, -0.25) is 4.98 Å². The Labute approximate surface area is 126 Å². The SMILES string of the molecule is CCOC(=O)c1cc2c(=O)oc3ccc(C)cc3c2nc1C. The summed E-state index contributed by atoms with van der Waals surface area (Å²) in [6.07, 6.45) is 0. The number of nitrogens with zero attached hydrogens (tertiary/aromatic N) is 1. The van der Waals surface area contributed by atoms with Gasteiger partial charge in [-0.25, -0.2) is 9.59 Å². The van der Waals surface area contributed by atoms with Crippen molar-refractivity contribution in [1.29, 1.82) is 0 Å². The smallest absolute Gasteiger partial charge is 0.345 e. The maximum absolute atomic E-state index is 12.2. The molecule has 0 aliphatic carbocycles. The van der Waals surface area contributed by atoms with Crippen LogP contribution in [-0.2, 0) is 4.74 Å². The quantitative estimate of drug-likeness (QED) is 0.413. The highest BCUT2D eigenvalue weighted by atomic mass is 16.5. The molecule has 0 radical (unpaired) electrons. The second-order valence-corrected chi connectivity index (χ2v) is 5.13. The van der Waals surface area contributed by atoms with Gasteiger partial charge in [0.15, 0.2) is 0 Å². The minimum absolute atomic E-state index is 0.266. The van der Waals surface area contributed by atoms with Gasteiger partial charge in [-0.05, 0) is 39.0 Å². The van der Waals surface area contributed by atoms with Gasteiger partial charge < -0.3 is 9.15 Å². The molecule has 0 aliphatic heterocycles. The fraction of sp³-hybridized carbons (Fsp3) is 0.235. The zero-order valence-corrected chi connectivity index (χ0v) is 12.6. The lowest BCUT2D eigenvalue weighted by Crippen LogP contribution is -2.10. The molecular weight excluding hydrogens is 282 g/mol. The van der Waals surface area contributed by atoms with Crippen LogP contribution in [0.3, 0.4) is 0 Å². The van der Waals surface area contributed by atoms with Crippen molar-refractivity contribution in [3.8, 4) is 0 Å². The Hall–Kier alpha value is -2.69. The van der Waals surface area contributed by atoms with E-state index in [0.29, 0.717) is 16.8 Å².